The zero-order chi connectivity index (χ0) is 25.4. The van der Waals surface area contributed by atoms with Crippen LogP contribution in [0.25, 0.3) is 16.8 Å². The highest BCUT2D eigenvalue weighted by atomic mass is 19.1. The van der Waals surface area contributed by atoms with E-state index >= 15 is 0 Å². The molecule has 5 rings (SSSR count). The molecule has 0 saturated heterocycles. The Morgan fingerprint density at radius 3 is 2.67 bits per heavy atom. The molecule has 1 aliphatic rings. The molecule has 0 spiro atoms. The topological polar surface area (TPSA) is 106 Å². The molecular weight excluding hydrogens is 464 g/mol. The Labute approximate surface area is 207 Å². The number of hydrogen-bond donors (Lipinski definition) is 2. The predicted octanol–water partition coefficient (Wildman–Crippen LogP) is 4.22. The summed E-state index contributed by atoms with van der Waals surface area (Å²) in [6, 6.07) is 5.78. The van der Waals surface area contributed by atoms with Gasteiger partial charge < -0.3 is 10.8 Å². The standard InChI is InChI=1S/C27H27F2N5O2/c1-15-6-17(10-19(30)7-15)20-2-4-31-12-18(20)11-25(36)24-3-5-34-27(33-24)21(13-32-34)26-22(28)8-16(14-35)9-23(26)29/h2-5,8-9,12-13,15,17,19,35H,6-7,10-11,14,30H2,1H3/t15-,17+,19-/m0/s1. The molecule has 7 nitrogen and oxygen atoms in total. The van der Waals surface area contributed by atoms with Gasteiger partial charge in [-0.15, -0.1) is 0 Å². The van der Waals surface area contributed by atoms with Crippen molar-refractivity contribution in [2.45, 2.75) is 51.2 Å². The van der Waals surface area contributed by atoms with Gasteiger partial charge in [0.05, 0.1) is 23.9 Å². The molecule has 0 bridgehead atoms. The van der Waals surface area contributed by atoms with Crippen molar-refractivity contribution < 1.29 is 18.7 Å². The predicted molar refractivity (Wildman–Crippen MR) is 130 cm³/mol. The number of nitrogens with zero attached hydrogens (tertiary/aromatic N) is 4. The Morgan fingerprint density at radius 1 is 1.17 bits per heavy atom. The van der Waals surface area contributed by atoms with E-state index in [-0.39, 0.29) is 52.2 Å². The van der Waals surface area contributed by atoms with E-state index in [1.807, 2.05) is 6.07 Å². The zero-order valence-electron chi connectivity index (χ0n) is 19.9. The van der Waals surface area contributed by atoms with Crippen molar-refractivity contribution in [3.05, 3.63) is 83.1 Å². The van der Waals surface area contributed by atoms with Crippen LogP contribution < -0.4 is 5.73 Å². The van der Waals surface area contributed by atoms with Gasteiger partial charge in [-0.2, -0.15) is 5.10 Å². The second-order valence-electron chi connectivity index (χ2n) is 9.68. The Morgan fingerprint density at radius 2 is 1.94 bits per heavy atom. The lowest BCUT2D eigenvalue weighted by molar-refractivity contribution is 0.0987. The number of carbonyl (C=O) groups is 1. The smallest absolute Gasteiger partial charge is 0.185 e. The van der Waals surface area contributed by atoms with Gasteiger partial charge >= 0.3 is 0 Å². The van der Waals surface area contributed by atoms with Crippen molar-refractivity contribution in [2.24, 2.45) is 11.7 Å². The summed E-state index contributed by atoms with van der Waals surface area (Å²) < 4.78 is 30.8. The highest BCUT2D eigenvalue weighted by Crippen LogP contribution is 2.37. The number of ketones is 1. The van der Waals surface area contributed by atoms with E-state index in [4.69, 9.17) is 5.73 Å². The SMILES string of the molecule is C[C@@H]1C[C@H](N)C[C@H](c2ccncc2CC(=O)c2ccn3ncc(-c4c(F)cc(CO)cc4F)c3n2)C1. The van der Waals surface area contributed by atoms with Crippen LogP contribution in [0.2, 0.25) is 0 Å². The molecule has 186 valence electrons. The number of fused-ring (bicyclic) bond motifs is 1. The lowest BCUT2D eigenvalue weighted by Crippen LogP contribution is -2.31. The van der Waals surface area contributed by atoms with E-state index in [1.54, 1.807) is 24.7 Å². The number of rotatable bonds is 6. The molecule has 3 atom stereocenters. The highest BCUT2D eigenvalue weighted by molar-refractivity contribution is 5.96. The van der Waals surface area contributed by atoms with Gasteiger partial charge in [0.15, 0.2) is 11.4 Å². The van der Waals surface area contributed by atoms with E-state index in [0.717, 1.165) is 42.5 Å². The maximum Gasteiger partial charge on any atom is 0.185 e. The minimum absolute atomic E-state index is 0.101. The molecule has 4 aromatic rings. The molecule has 3 aromatic heterocycles. The summed E-state index contributed by atoms with van der Waals surface area (Å²) in [5.74, 6) is -1.14. The van der Waals surface area contributed by atoms with Crippen molar-refractivity contribution in [1.82, 2.24) is 19.6 Å². The van der Waals surface area contributed by atoms with Gasteiger partial charge in [-0.3, -0.25) is 9.78 Å². The van der Waals surface area contributed by atoms with Crippen LogP contribution in [-0.4, -0.2) is 36.5 Å². The van der Waals surface area contributed by atoms with E-state index in [0.29, 0.717) is 5.92 Å². The van der Waals surface area contributed by atoms with E-state index < -0.39 is 18.2 Å². The van der Waals surface area contributed by atoms with Crippen molar-refractivity contribution in [2.75, 3.05) is 0 Å². The van der Waals surface area contributed by atoms with Crippen LogP contribution in [-0.2, 0) is 13.0 Å². The van der Waals surface area contributed by atoms with Gasteiger partial charge in [-0.25, -0.2) is 18.3 Å². The number of pyridine rings is 1. The van der Waals surface area contributed by atoms with Crippen molar-refractivity contribution in [3.8, 4) is 11.1 Å². The Hall–Kier alpha value is -3.56. The minimum Gasteiger partial charge on any atom is -0.392 e. The summed E-state index contributed by atoms with van der Waals surface area (Å²) in [6.07, 6.45) is 9.28. The highest BCUT2D eigenvalue weighted by Gasteiger charge is 2.28. The lowest BCUT2D eigenvalue weighted by Gasteiger charge is -2.32. The molecule has 1 aliphatic carbocycles. The molecule has 9 heteroatoms. The monoisotopic (exact) mass is 491 g/mol. The summed E-state index contributed by atoms with van der Waals surface area (Å²) in [6.45, 7) is 1.71. The molecule has 3 N–H and O–H groups in total. The lowest BCUT2D eigenvalue weighted by atomic mass is 9.75. The number of halogens is 2. The van der Waals surface area contributed by atoms with Gasteiger partial charge in [-0.1, -0.05) is 6.92 Å². The normalized spacial score (nSPS) is 20.1. The minimum atomic E-state index is -0.840. The van der Waals surface area contributed by atoms with Crippen LogP contribution in [0, 0.1) is 17.6 Å². The van der Waals surface area contributed by atoms with E-state index in [1.165, 1.54) is 10.7 Å². The molecule has 0 unspecified atom stereocenters. The Bertz CT molecular complexity index is 1400. The van der Waals surface area contributed by atoms with Gasteiger partial charge in [0.2, 0.25) is 0 Å². The average molecular weight is 492 g/mol. The number of aliphatic hydroxyl groups is 1. The third kappa shape index (κ3) is 4.64. The number of aliphatic hydroxyl groups excluding tert-OH is 1. The van der Waals surface area contributed by atoms with E-state index in [9.17, 15) is 18.7 Å². The van der Waals surface area contributed by atoms with Crippen LogP contribution in [0.15, 0.2) is 49.1 Å². The molecule has 3 heterocycles. The summed E-state index contributed by atoms with van der Waals surface area (Å²) in [4.78, 5) is 21.9. The molecule has 0 amide bonds. The zero-order valence-corrected chi connectivity index (χ0v) is 19.9. The summed E-state index contributed by atoms with van der Waals surface area (Å²) in [7, 11) is 0. The summed E-state index contributed by atoms with van der Waals surface area (Å²) in [5, 5.41) is 13.3. The Balaban J connectivity index is 1.47. The number of aromatic nitrogens is 4. The van der Waals surface area contributed by atoms with Crippen molar-refractivity contribution >= 4 is 11.4 Å². The second-order valence-corrected chi connectivity index (χ2v) is 9.68. The molecule has 36 heavy (non-hydrogen) atoms. The average Bonchev–Trinajstić information content (AvgIpc) is 3.26. The van der Waals surface area contributed by atoms with Crippen LogP contribution in [0.5, 0.6) is 0 Å². The van der Waals surface area contributed by atoms with E-state index in [2.05, 4.69) is 22.0 Å². The fraction of sp³-hybridized carbons (Fsp3) is 0.333. The summed E-state index contributed by atoms with van der Waals surface area (Å²) >= 11 is 0. The first-order valence-corrected chi connectivity index (χ1v) is 12.0. The molecule has 0 aliphatic heterocycles. The van der Waals surface area contributed by atoms with Gasteiger partial charge in [-0.05, 0) is 72.1 Å². The largest absolute Gasteiger partial charge is 0.392 e. The van der Waals surface area contributed by atoms with Gasteiger partial charge in [0.1, 0.15) is 17.3 Å². The third-order valence-corrected chi connectivity index (χ3v) is 6.92. The fourth-order valence-electron chi connectivity index (χ4n) is 5.33. The quantitative estimate of drug-likeness (QED) is 0.391. The molecular formula is C27H27F2N5O2. The third-order valence-electron chi connectivity index (χ3n) is 6.92. The number of hydrogen-bond acceptors (Lipinski definition) is 6. The first-order valence-electron chi connectivity index (χ1n) is 12.0. The first kappa shape index (κ1) is 24.1. The molecule has 1 aromatic carbocycles. The van der Waals surface area contributed by atoms with Crippen molar-refractivity contribution in [3.63, 3.8) is 0 Å². The van der Waals surface area contributed by atoms with Crippen LogP contribution in [0.4, 0.5) is 8.78 Å². The number of benzene rings is 1. The molecule has 1 fully saturated rings. The second kappa shape index (κ2) is 9.83. The number of nitrogens with two attached hydrogens (primary N) is 1. The maximum absolute atomic E-state index is 14.7. The maximum atomic E-state index is 14.7. The van der Waals surface area contributed by atoms with Crippen LogP contribution in [0.1, 0.15) is 59.3 Å². The van der Waals surface area contributed by atoms with Crippen molar-refractivity contribution in [1.29, 1.82) is 0 Å². The number of carbonyl (C=O) groups excluding carboxylic acids is 1. The first-order chi connectivity index (χ1) is 17.3. The molecule has 0 radical (unpaired) electrons. The van der Waals surface area contributed by atoms with Crippen LogP contribution in [0.3, 0.4) is 0 Å². The van der Waals surface area contributed by atoms with Gasteiger partial charge in [0.25, 0.3) is 0 Å². The fourth-order valence-corrected chi connectivity index (χ4v) is 5.33. The van der Waals surface area contributed by atoms with Crippen LogP contribution >= 0.6 is 0 Å². The molecule has 1 saturated carbocycles. The number of Topliss-reactive ketones (excluding diaryl/α,β-unsaturated/α-hetero) is 1. The van der Waals surface area contributed by atoms with Gasteiger partial charge in [0, 0.05) is 31.1 Å². The summed E-state index contributed by atoms with van der Waals surface area (Å²) in [5.41, 5.74) is 8.45. The Kier molecular flexibility index (Phi) is 6.59.